The normalized spacial score (nSPS) is 13.7. The molecule has 1 fully saturated rings. The Morgan fingerprint density at radius 3 is 2.53 bits per heavy atom. The monoisotopic (exact) mass is 408 g/mol. The topological polar surface area (TPSA) is 130 Å². The lowest BCUT2D eigenvalue weighted by Crippen LogP contribution is -2.49. The summed E-state index contributed by atoms with van der Waals surface area (Å²) in [6.45, 7) is 2.17. The second-order valence-electron chi connectivity index (χ2n) is 6.65. The number of piperazine rings is 1. The van der Waals surface area contributed by atoms with E-state index in [2.05, 4.69) is 25.3 Å². The molecule has 0 spiro atoms. The predicted octanol–water partition coefficient (Wildman–Crippen LogP) is 1.56. The minimum atomic E-state index is -0.481. The number of pyridine rings is 2. The molecule has 1 saturated heterocycles. The summed E-state index contributed by atoms with van der Waals surface area (Å²) in [6.07, 6.45) is 6.31. The number of aromatic nitrogens is 4. The molecule has 10 heteroatoms. The van der Waals surface area contributed by atoms with Crippen LogP contribution in [0.5, 0.6) is 0 Å². The van der Waals surface area contributed by atoms with E-state index in [-0.39, 0.29) is 20.3 Å². The zero-order valence-electron chi connectivity index (χ0n) is 16.1. The molecule has 1 aliphatic rings. The van der Waals surface area contributed by atoms with Gasteiger partial charge in [-0.1, -0.05) is 6.07 Å². The molecule has 30 heavy (non-hydrogen) atoms. The summed E-state index contributed by atoms with van der Waals surface area (Å²) in [5.41, 5.74) is 6.46. The van der Waals surface area contributed by atoms with Crippen LogP contribution in [0.25, 0.3) is 0 Å². The van der Waals surface area contributed by atoms with Gasteiger partial charge in [0.2, 0.25) is 0 Å². The van der Waals surface area contributed by atoms with Crippen LogP contribution in [0.2, 0.25) is 0 Å². The van der Waals surface area contributed by atoms with Gasteiger partial charge in [0.15, 0.2) is 11.5 Å². The Morgan fingerprint density at radius 2 is 1.83 bits per heavy atom. The molecular weight excluding hydrogens is 384 g/mol. The van der Waals surface area contributed by atoms with E-state index in [1.807, 2.05) is 4.90 Å². The number of anilines is 3. The Labute approximate surface area is 175 Å². The molecular formula is C20H24N8O2. The first-order valence-corrected chi connectivity index (χ1v) is 9.41. The third-order valence-electron chi connectivity index (χ3n) is 4.71. The number of hydrogen-bond donors (Lipinski definition) is 2. The molecule has 0 unspecified atom stereocenters. The molecule has 0 aromatic carbocycles. The van der Waals surface area contributed by atoms with Gasteiger partial charge in [-0.3, -0.25) is 14.6 Å². The maximum Gasteiger partial charge on any atom is 0.279 e. The van der Waals surface area contributed by atoms with Crippen molar-refractivity contribution in [2.75, 3.05) is 42.1 Å². The van der Waals surface area contributed by atoms with Crippen molar-refractivity contribution in [2.45, 2.75) is 0 Å². The molecule has 4 rings (SSSR count). The minimum Gasteiger partial charge on any atom is -0.382 e. The van der Waals surface area contributed by atoms with Crippen LogP contribution in [0.3, 0.4) is 0 Å². The van der Waals surface area contributed by atoms with E-state index >= 15 is 0 Å². The number of amides is 2. The molecule has 4 heterocycles. The number of rotatable bonds is 4. The molecule has 0 bridgehead atoms. The van der Waals surface area contributed by atoms with Gasteiger partial charge >= 0.3 is 0 Å². The van der Waals surface area contributed by atoms with Crippen LogP contribution in [0.1, 0.15) is 23.7 Å². The van der Waals surface area contributed by atoms with Crippen molar-refractivity contribution in [1.82, 2.24) is 24.8 Å². The molecule has 2 amide bonds. The Kier molecular flexibility index (Phi) is 5.46. The van der Waals surface area contributed by atoms with Crippen molar-refractivity contribution in [3.63, 3.8) is 0 Å². The van der Waals surface area contributed by atoms with Gasteiger partial charge in [-0.2, -0.15) is 0 Å². The third-order valence-corrected chi connectivity index (χ3v) is 4.71. The molecule has 1 aliphatic heterocycles. The van der Waals surface area contributed by atoms with E-state index in [1.165, 1.54) is 6.20 Å². The number of nitrogens with zero attached hydrogens (tertiary/aromatic N) is 6. The maximum absolute atomic E-state index is 12.6. The average molecular weight is 408 g/mol. The lowest BCUT2D eigenvalue weighted by atomic mass is 10.2. The summed E-state index contributed by atoms with van der Waals surface area (Å²) in [6, 6.07) is 8.68. The highest BCUT2D eigenvalue weighted by molar-refractivity contribution is 6.05. The second kappa shape index (κ2) is 8.52. The molecule has 0 radical (unpaired) electrons. The first kappa shape index (κ1) is 19.2. The smallest absolute Gasteiger partial charge is 0.279 e. The third kappa shape index (κ3) is 4.17. The number of nitrogens with one attached hydrogen (secondary N) is 1. The van der Waals surface area contributed by atoms with Gasteiger partial charge in [-0.25, -0.2) is 15.0 Å². The number of hydrogen-bond acceptors (Lipinski definition) is 8. The largest absolute Gasteiger partial charge is 0.382 e. The summed E-state index contributed by atoms with van der Waals surface area (Å²) < 4.78 is 0. The molecule has 0 saturated carbocycles. The highest BCUT2D eigenvalue weighted by Gasteiger charge is 2.24. The molecule has 3 N–H and O–H groups in total. The van der Waals surface area contributed by atoms with Gasteiger partial charge in [0.05, 0.1) is 11.8 Å². The first-order chi connectivity index (χ1) is 14.6. The van der Waals surface area contributed by atoms with E-state index in [4.69, 9.17) is 5.73 Å². The highest BCUT2D eigenvalue weighted by atomic mass is 16.2. The predicted molar refractivity (Wildman–Crippen MR) is 115 cm³/mol. The zero-order valence-corrected chi connectivity index (χ0v) is 16.1. The van der Waals surface area contributed by atoms with Crippen LogP contribution in [0.4, 0.5) is 17.5 Å². The van der Waals surface area contributed by atoms with Crippen LogP contribution in [-0.4, -0.2) is 62.8 Å². The second-order valence-corrected chi connectivity index (χ2v) is 6.65. The Hall–Kier alpha value is -4.08. The van der Waals surface area contributed by atoms with E-state index in [1.54, 1.807) is 53.8 Å². The fourth-order valence-electron chi connectivity index (χ4n) is 3.13. The quantitative estimate of drug-likeness (QED) is 0.665. The van der Waals surface area contributed by atoms with Gasteiger partial charge in [-0.15, -0.1) is 0 Å². The summed E-state index contributed by atoms with van der Waals surface area (Å²) >= 11 is 0. The van der Waals surface area contributed by atoms with Crippen molar-refractivity contribution in [1.29, 1.82) is 0 Å². The SMILES string of the molecule is Nc1ncc(N2CCN(C(=O)c3cccnc3)CC2)nc1C(=O)Nc1ccccn1.[HH].[HH]. The van der Waals surface area contributed by atoms with Crippen LogP contribution in [0, 0.1) is 0 Å². The first-order valence-electron chi connectivity index (χ1n) is 9.41. The number of nitrogen functional groups attached to an aromatic ring is 1. The van der Waals surface area contributed by atoms with Crippen molar-refractivity contribution >= 4 is 29.3 Å². The van der Waals surface area contributed by atoms with Gasteiger partial charge < -0.3 is 20.9 Å². The summed E-state index contributed by atoms with van der Waals surface area (Å²) in [5, 5.41) is 2.66. The van der Waals surface area contributed by atoms with Crippen molar-refractivity contribution in [3.8, 4) is 0 Å². The molecule has 0 atom stereocenters. The van der Waals surface area contributed by atoms with Gasteiger partial charge in [-0.05, 0) is 24.3 Å². The molecule has 3 aromatic rings. The van der Waals surface area contributed by atoms with Crippen molar-refractivity contribution in [3.05, 3.63) is 66.4 Å². The van der Waals surface area contributed by atoms with Gasteiger partial charge in [0, 0.05) is 47.6 Å². The number of carbonyl (C=O) groups excluding carboxylic acids is 2. The van der Waals surface area contributed by atoms with Crippen LogP contribution < -0.4 is 16.0 Å². The number of carbonyl (C=O) groups is 2. The molecule has 156 valence electrons. The van der Waals surface area contributed by atoms with Crippen LogP contribution >= 0.6 is 0 Å². The fraction of sp³-hybridized carbons (Fsp3) is 0.200. The molecule has 10 nitrogen and oxygen atoms in total. The Bertz CT molecular complexity index is 1050. The van der Waals surface area contributed by atoms with Gasteiger partial charge in [0.25, 0.3) is 11.8 Å². The summed E-state index contributed by atoms with van der Waals surface area (Å²) in [7, 11) is 0. The van der Waals surface area contributed by atoms with Crippen LogP contribution in [0.15, 0.2) is 55.1 Å². The zero-order chi connectivity index (χ0) is 20.9. The fourth-order valence-corrected chi connectivity index (χ4v) is 3.13. The Balaban J connectivity index is 0.00000181. The minimum absolute atomic E-state index is 0. The molecule has 3 aromatic heterocycles. The van der Waals surface area contributed by atoms with E-state index in [9.17, 15) is 9.59 Å². The molecule has 0 aliphatic carbocycles. The van der Waals surface area contributed by atoms with E-state index < -0.39 is 5.91 Å². The lowest BCUT2D eigenvalue weighted by Gasteiger charge is -2.35. The van der Waals surface area contributed by atoms with Crippen molar-refractivity contribution < 1.29 is 12.4 Å². The Morgan fingerprint density at radius 1 is 1.00 bits per heavy atom. The lowest BCUT2D eigenvalue weighted by molar-refractivity contribution is 0.0746. The highest BCUT2D eigenvalue weighted by Crippen LogP contribution is 2.18. The standard InChI is InChI=1S/C20H20N8O2.2H2/c21-18-17(19(29)25-15-5-1-2-7-23-15)26-16(13-24-18)27-8-10-28(11-9-27)20(30)14-4-3-6-22-12-14;;/h1-7,12-13H,8-11H2,(H2,21,24)(H,23,25,29);2*1H. The maximum atomic E-state index is 12.6. The van der Waals surface area contributed by atoms with E-state index in [0.29, 0.717) is 43.4 Å². The van der Waals surface area contributed by atoms with Crippen molar-refractivity contribution in [2.24, 2.45) is 0 Å². The summed E-state index contributed by atoms with van der Waals surface area (Å²) in [4.78, 5) is 45.5. The summed E-state index contributed by atoms with van der Waals surface area (Å²) in [5.74, 6) is 0.436. The average Bonchev–Trinajstić information content (AvgIpc) is 2.80. The number of nitrogens with two attached hydrogens (primary N) is 1. The van der Waals surface area contributed by atoms with Crippen LogP contribution in [-0.2, 0) is 0 Å². The van der Waals surface area contributed by atoms with E-state index in [0.717, 1.165) is 0 Å². The van der Waals surface area contributed by atoms with Gasteiger partial charge in [0.1, 0.15) is 11.6 Å².